The summed E-state index contributed by atoms with van der Waals surface area (Å²) in [7, 11) is 0. The van der Waals surface area contributed by atoms with E-state index in [4.69, 9.17) is 6.57 Å². The van der Waals surface area contributed by atoms with Crippen LogP contribution in [0.1, 0.15) is 95.4 Å². The lowest BCUT2D eigenvalue weighted by Crippen LogP contribution is -2.25. The van der Waals surface area contributed by atoms with Gasteiger partial charge < -0.3 is 10.0 Å². The van der Waals surface area contributed by atoms with Gasteiger partial charge in [-0.3, -0.25) is 4.79 Å². The van der Waals surface area contributed by atoms with E-state index in [2.05, 4.69) is 60.8 Å². The van der Waals surface area contributed by atoms with E-state index in [-0.39, 0.29) is 5.70 Å². The van der Waals surface area contributed by atoms with Crippen LogP contribution in [0, 0.1) is 6.57 Å². The zero-order chi connectivity index (χ0) is 25.5. The second-order valence-electron chi connectivity index (χ2n) is 9.21. The summed E-state index contributed by atoms with van der Waals surface area (Å²) in [5, 5.41) is 9.30. The fourth-order valence-electron chi connectivity index (χ4n) is 4.22. The third kappa shape index (κ3) is 9.53. The molecular formula is C30H42N2O2S. The number of thiophene rings is 1. The van der Waals surface area contributed by atoms with Gasteiger partial charge in [0.25, 0.3) is 5.70 Å². The number of unbranched alkanes of at least 4 members (excludes halogenated alkanes) is 7. The largest absolute Gasteiger partial charge is 0.486 e. The number of hydrogen-bond acceptors (Lipinski definition) is 3. The van der Waals surface area contributed by atoms with E-state index in [1.54, 1.807) is 11.3 Å². The van der Waals surface area contributed by atoms with Gasteiger partial charge in [-0.2, -0.15) is 0 Å². The molecule has 0 fully saturated rings. The molecule has 1 heterocycles. The lowest BCUT2D eigenvalue weighted by atomic mass is 10.0. The second-order valence-corrected chi connectivity index (χ2v) is 10.3. The maximum Gasteiger partial charge on any atom is 0.333 e. The Kier molecular flexibility index (Phi) is 13.2. The number of benzene rings is 1. The minimum Gasteiger partial charge on any atom is -0.486 e. The summed E-state index contributed by atoms with van der Waals surface area (Å²) >= 11 is 1.59. The summed E-state index contributed by atoms with van der Waals surface area (Å²) in [6, 6.07) is 11.0. The van der Waals surface area contributed by atoms with Gasteiger partial charge in [-0.05, 0) is 61.1 Å². The molecule has 0 aliphatic rings. The molecule has 0 amide bonds. The lowest BCUT2D eigenvalue weighted by molar-refractivity contribution is -0.132. The number of carbonyl (C=O) groups is 1. The first-order valence-electron chi connectivity index (χ1n) is 13.3. The van der Waals surface area contributed by atoms with Crippen LogP contribution >= 0.6 is 11.3 Å². The zero-order valence-electron chi connectivity index (χ0n) is 21.8. The first kappa shape index (κ1) is 28.7. The predicted octanol–water partition coefficient (Wildman–Crippen LogP) is 9.07. The van der Waals surface area contributed by atoms with Crippen LogP contribution in [0.2, 0.25) is 0 Å². The molecule has 2 aromatic rings. The van der Waals surface area contributed by atoms with Crippen LogP contribution in [0.4, 0.5) is 5.69 Å². The van der Waals surface area contributed by atoms with Gasteiger partial charge in [-0.25, -0.2) is 4.85 Å². The highest BCUT2D eigenvalue weighted by Crippen LogP contribution is 2.36. The Morgan fingerprint density at radius 1 is 0.943 bits per heavy atom. The van der Waals surface area contributed by atoms with Gasteiger partial charge in [0.05, 0.1) is 6.57 Å². The zero-order valence-corrected chi connectivity index (χ0v) is 22.6. The molecule has 0 aliphatic carbocycles. The van der Waals surface area contributed by atoms with Crippen LogP contribution in [-0.2, 0) is 11.2 Å². The number of carboxylic acid groups (broad SMARTS) is 1. The van der Waals surface area contributed by atoms with Crippen molar-refractivity contribution in [2.75, 3.05) is 18.0 Å². The van der Waals surface area contributed by atoms with Gasteiger partial charge in [-0.1, -0.05) is 77.8 Å². The molecule has 0 saturated carbocycles. The fraction of sp³-hybridized carbons (Fsp3) is 0.533. The fourth-order valence-corrected chi connectivity index (χ4v) is 5.37. The van der Waals surface area contributed by atoms with Crippen LogP contribution < -0.4 is 4.90 Å². The van der Waals surface area contributed by atoms with Gasteiger partial charge in [0.1, 0.15) is 0 Å². The molecule has 190 valence electrons. The Morgan fingerprint density at radius 2 is 1.54 bits per heavy atom. The Bertz CT molecular complexity index is 961. The monoisotopic (exact) mass is 494 g/mol. The molecule has 0 bridgehead atoms. The van der Waals surface area contributed by atoms with E-state index in [1.807, 2.05) is 0 Å². The van der Waals surface area contributed by atoms with Crippen molar-refractivity contribution in [2.45, 2.75) is 91.4 Å². The van der Waals surface area contributed by atoms with Crippen LogP contribution in [0.3, 0.4) is 0 Å². The number of anilines is 1. The lowest BCUT2D eigenvalue weighted by Gasteiger charge is -2.25. The van der Waals surface area contributed by atoms with Crippen molar-refractivity contribution in [3.05, 3.63) is 57.9 Å². The number of hydrogen-bond donors (Lipinski definition) is 1. The van der Waals surface area contributed by atoms with Gasteiger partial charge in [0.15, 0.2) is 0 Å². The summed E-state index contributed by atoms with van der Waals surface area (Å²) in [6.07, 6.45) is 14.7. The average molecular weight is 495 g/mol. The number of aliphatic carboxylic acids is 1. The summed E-state index contributed by atoms with van der Waals surface area (Å²) in [6.45, 7) is 16.1. The molecule has 5 heteroatoms. The van der Waals surface area contributed by atoms with Crippen LogP contribution in [0.15, 0.2) is 36.0 Å². The maximum absolute atomic E-state index is 11.4. The van der Waals surface area contributed by atoms with Crippen molar-refractivity contribution in [2.24, 2.45) is 0 Å². The summed E-state index contributed by atoms with van der Waals surface area (Å²) in [5.74, 6) is -1.17. The highest BCUT2D eigenvalue weighted by molar-refractivity contribution is 7.16. The highest BCUT2D eigenvalue weighted by Gasteiger charge is 2.14. The Morgan fingerprint density at radius 3 is 2.11 bits per heavy atom. The quantitative estimate of drug-likeness (QED) is 0.135. The first-order valence-corrected chi connectivity index (χ1v) is 14.2. The Balaban J connectivity index is 2.27. The third-order valence-corrected chi connectivity index (χ3v) is 7.48. The van der Waals surface area contributed by atoms with Crippen LogP contribution in [-0.4, -0.2) is 24.2 Å². The molecule has 1 aromatic carbocycles. The van der Waals surface area contributed by atoms with Gasteiger partial charge in [0, 0.05) is 28.5 Å². The molecule has 1 aromatic heterocycles. The minimum atomic E-state index is -1.17. The minimum absolute atomic E-state index is 0.234. The van der Waals surface area contributed by atoms with Crippen molar-refractivity contribution in [3.8, 4) is 10.4 Å². The van der Waals surface area contributed by atoms with Gasteiger partial charge in [-0.15, -0.1) is 11.3 Å². The number of aryl methyl sites for hydroxylation is 1. The van der Waals surface area contributed by atoms with E-state index in [1.165, 1.54) is 85.6 Å². The number of rotatable bonds is 17. The number of carboxylic acids is 1. The Hall–Kier alpha value is -2.58. The SMILES string of the molecule is [C-]#[N+]/C(=C\c1cc(CCCCCCCC)c(-c2ccc(N(CCCC)CCCC)cc2)s1)C(=O)O. The van der Waals surface area contributed by atoms with E-state index >= 15 is 0 Å². The summed E-state index contributed by atoms with van der Waals surface area (Å²) < 4.78 is 0. The first-order chi connectivity index (χ1) is 17.0. The highest BCUT2D eigenvalue weighted by atomic mass is 32.1. The molecule has 0 unspecified atom stereocenters. The Labute approximate surface area is 216 Å². The van der Waals surface area contributed by atoms with Gasteiger partial charge >= 0.3 is 5.97 Å². The topological polar surface area (TPSA) is 44.9 Å². The van der Waals surface area contributed by atoms with Crippen molar-refractivity contribution >= 4 is 29.1 Å². The molecule has 1 N–H and O–H groups in total. The van der Waals surface area contributed by atoms with E-state index in [0.717, 1.165) is 30.8 Å². The normalized spacial score (nSPS) is 11.4. The molecule has 0 radical (unpaired) electrons. The summed E-state index contributed by atoms with van der Waals surface area (Å²) in [5.41, 5.74) is 3.46. The molecule has 0 atom stereocenters. The van der Waals surface area contributed by atoms with Crippen LogP contribution in [0.5, 0.6) is 0 Å². The van der Waals surface area contributed by atoms with E-state index in [9.17, 15) is 9.90 Å². The van der Waals surface area contributed by atoms with Crippen molar-refractivity contribution in [1.29, 1.82) is 0 Å². The second kappa shape index (κ2) is 16.2. The molecule has 2 rings (SSSR count). The molecule has 0 aliphatic heterocycles. The average Bonchev–Trinajstić information content (AvgIpc) is 3.27. The van der Waals surface area contributed by atoms with Gasteiger partial charge in [0.2, 0.25) is 0 Å². The molecule has 0 saturated heterocycles. The third-order valence-electron chi connectivity index (χ3n) is 6.30. The molecular weight excluding hydrogens is 452 g/mol. The standard InChI is InChI=1S/C30H42N2O2S/c1-5-8-11-12-13-14-15-25-22-27(23-28(31-4)30(33)34)35-29(25)24-16-18-26(19-17-24)32(20-9-6-2)21-10-7-3/h16-19,22-23H,5-15,20-21H2,1-3H3,(H,33,34)/b28-23-. The van der Waals surface area contributed by atoms with E-state index in [0.29, 0.717) is 0 Å². The summed E-state index contributed by atoms with van der Waals surface area (Å²) in [4.78, 5) is 19.1. The predicted molar refractivity (Wildman–Crippen MR) is 151 cm³/mol. The molecule has 0 spiro atoms. The van der Waals surface area contributed by atoms with Crippen molar-refractivity contribution in [1.82, 2.24) is 0 Å². The van der Waals surface area contributed by atoms with Crippen molar-refractivity contribution < 1.29 is 9.90 Å². The molecule has 35 heavy (non-hydrogen) atoms. The number of nitrogens with zero attached hydrogens (tertiary/aromatic N) is 2. The van der Waals surface area contributed by atoms with E-state index < -0.39 is 5.97 Å². The maximum atomic E-state index is 11.4. The smallest absolute Gasteiger partial charge is 0.333 e. The van der Waals surface area contributed by atoms with Crippen molar-refractivity contribution in [3.63, 3.8) is 0 Å². The van der Waals surface area contributed by atoms with Crippen LogP contribution in [0.25, 0.3) is 21.4 Å². The molecule has 4 nitrogen and oxygen atoms in total.